The average molecular weight is 703 g/mol. The molecule has 4 bridgehead atoms. The molecule has 6 aliphatic rings. The van der Waals surface area contributed by atoms with E-state index < -0.39 is 60.6 Å². The number of aliphatic carboxylic acids is 1. The highest BCUT2D eigenvalue weighted by Gasteiger charge is 2.71. The summed E-state index contributed by atoms with van der Waals surface area (Å²) in [5, 5.41) is 17.5. The molecule has 49 heavy (non-hydrogen) atoms. The molecule has 4 fully saturated rings. The van der Waals surface area contributed by atoms with Gasteiger partial charge in [-0.2, -0.15) is 5.26 Å². The lowest BCUT2D eigenvalue weighted by Crippen LogP contribution is -2.41. The Morgan fingerprint density at radius 3 is 1.51 bits per heavy atom. The first kappa shape index (κ1) is 37.2. The first-order valence-corrected chi connectivity index (χ1v) is 17.9. The van der Waals surface area contributed by atoms with Crippen LogP contribution >= 0.6 is 8.53 Å². The third-order valence-electron chi connectivity index (χ3n) is 10.4. The molecule has 0 saturated carbocycles. The number of rotatable bonds is 13. The summed E-state index contributed by atoms with van der Waals surface area (Å²) in [5.41, 5.74) is -2.93. The van der Waals surface area contributed by atoms with Gasteiger partial charge in [-0.3, -0.25) is 33.8 Å². The van der Waals surface area contributed by atoms with E-state index in [1.165, 1.54) is 4.90 Å². The summed E-state index contributed by atoms with van der Waals surface area (Å²) in [5.74, 6) is -4.03. The van der Waals surface area contributed by atoms with Crippen LogP contribution in [0.15, 0.2) is 24.3 Å². The number of likely N-dealkylation sites (tertiary alicyclic amines) is 2. The number of hydrogen-bond donors (Lipinski definition) is 1. The SMILES string of the molecule is CC(C)N(C(C)C)P(OCCC#N)OCCN1C(=O)[C@@H]2[C@H](C1=O)[C@@]1(C)C=C[C@]2(C)O1.C[C@]12C=C[C@](C)(O1)[C@@H]1C(=O)N(CCC(=O)O)C(=O)[C@@H]12. The second-order valence-corrected chi connectivity index (χ2v) is 16.2. The van der Waals surface area contributed by atoms with Gasteiger partial charge in [-0.05, 0) is 55.4 Å². The quantitative estimate of drug-likeness (QED) is 0.129. The largest absolute Gasteiger partial charge is 0.481 e. The minimum absolute atomic E-state index is 0.0633. The number of carbonyl (C=O) groups excluding carboxylic acids is 4. The van der Waals surface area contributed by atoms with Crippen LogP contribution in [-0.2, 0) is 42.5 Å². The van der Waals surface area contributed by atoms with Gasteiger partial charge in [0.05, 0.1) is 84.7 Å². The van der Waals surface area contributed by atoms with E-state index in [2.05, 4.69) is 38.4 Å². The summed E-state index contributed by atoms with van der Waals surface area (Å²) < 4.78 is 25.9. The van der Waals surface area contributed by atoms with Gasteiger partial charge < -0.3 is 23.6 Å². The molecule has 6 heterocycles. The second kappa shape index (κ2) is 13.2. The smallest absolute Gasteiger partial charge is 0.305 e. The van der Waals surface area contributed by atoms with Gasteiger partial charge in [0.2, 0.25) is 23.6 Å². The summed E-state index contributed by atoms with van der Waals surface area (Å²) in [4.78, 5) is 63.8. The van der Waals surface area contributed by atoms with Crippen molar-refractivity contribution in [2.75, 3.05) is 26.3 Å². The van der Waals surface area contributed by atoms with Gasteiger partial charge in [0.1, 0.15) is 0 Å². The molecule has 15 heteroatoms. The zero-order valence-corrected chi connectivity index (χ0v) is 30.3. The van der Waals surface area contributed by atoms with Gasteiger partial charge in [-0.15, -0.1) is 0 Å². The monoisotopic (exact) mass is 702 g/mol. The van der Waals surface area contributed by atoms with E-state index in [0.29, 0.717) is 0 Å². The molecule has 0 aromatic rings. The van der Waals surface area contributed by atoms with E-state index in [9.17, 15) is 24.0 Å². The molecule has 0 radical (unpaired) electrons. The molecular formula is C34H47N4O10P. The molecule has 6 aliphatic heterocycles. The molecule has 9 atom stereocenters. The van der Waals surface area contributed by atoms with Gasteiger partial charge in [0.25, 0.3) is 8.53 Å². The van der Waals surface area contributed by atoms with Crippen molar-refractivity contribution in [3.8, 4) is 6.07 Å². The Bertz CT molecular complexity index is 1430. The summed E-state index contributed by atoms with van der Waals surface area (Å²) in [6, 6.07) is 2.45. The maximum Gasteiger partial charge on any atom is 0.305 e. The van der Waals surface area contributed by atoms with Gasteiger partial charge in [0.15, 0.2) is 0 Å². The summed E-state index contributed by atoms with van der Waals surface area (Å²) >= 11 is 0. The highest BCUT2D eigenvalue weighted by Crippen LogP contribution is 2.58. The first-order valence-electron chi connectivity index (χ1n) is 16.8. The van der Waals surface area contributed by atoms with Crippen molar-refractivity contribution < 1.29 is 47.6 Å². The Morgan fingerprint density at radius 2 is 1.16 bits per heavy atom. The third kappa shape index (κ3) is 6.28. The number of ether oxygens (including phenoxy) is 2. The number of imide groups is 2. The Morgan fingerprint density at radius 1 is 0.796 bits per heavy atom. The molecule has 0 aromatic carbocycles. The van der Waals surface area contributed by atoms with Gasteiger partial charge >= 0.3 is 5.97 Å². The van der Waals surface area contributed by atoms with Crippen molar-refractivity contribution in [3.05, 3.63) is 24.3 Å². The molecule has 1 N–H and O–H groups in total. The number of nitriles is 1. The predicted octanol–water partition coefficient (Wildman–Crippen LogP) is 3.18. The minimum atomic E-state index is -1.40. The van der Waals surface area contributed by atoms with Gasteiger partial charge in [0, 0.05) is 18.6 Å². The molecule has 1 unspecified atom stereocenters. The number of fused-ring (bicyclic) bond motifs is 10. The van der Waals surface area contributed by atoms with Crippen LogP contribution in [0.2, 0.25) is 0 Å². The Balaban J connectivity index is 0.000000211. The predicted molar refractivity (Wildman–Crippen MR) is 175 cm³/mol. The zero-order chi connectivity index (χ0) is 36.3. The Labute approximate surface area is 288 Å². The number of carboxylic acid groups (broad SMARTS) is 1. The van der Waals surface area contributed by atoms with Crippen LogP contribution in [0.5, 0.6) is 0 Å². The van der Waals surface area contributed by atoms with Crippen LogP contribution in [0.1, 0.15) is 68.2 Å². The van der Waals surface area contributed by atoms with E-state index >= 15 is 0 Å². The van der Waals surface area contributed by atoms with Crippen molar-refractivity contribution in [3.63, 3.8) is 0 Å². The van der Waals surface area contributed by atoms with E-state index in [4.69, 9.17) is 28.9 Å². The average Bonchev–Trinajstić information content (AvgIpc) is 3.76. The molecule has 4 amide bonds. The molecule has 6 rings (SSSR count). The molecule has 14 nitrogen and oxygen atoms in total. The first-order chi connectivity index (χ1) is 22.8. The number of nitrogens with zero attached hydrogens (tertiary/aromatic N) is 4. The lowest BCUT2D eigenvalue weighted by Gasteiger charge is -2.35. The molecule has 4 saturated heterocycles. The van der Waals surface area contributed by atoms with Crippen molar-refractivity contribution in [2.45, 2.75) is 103 Å². The topological polar surface area (TPSA) is 176 Å². The highest BCUT2D eigenvalue weighted by molar-refractivity contribution is 7.44. The number of hydrogen-bond acceptors (Lipinski definition) is 11. The number of carboxylic acids is 1. The van der Waals surface area contributed by atoms with Crippen molar-refractivity contribution in [2.24, 2.45) is 23.7 Å². The fraction of sp³-hybridized carbons (Fsp3) is 0.706. The maximum atomic E-state index is 13.0. The fourth-order valence-corrected chi connectivity index (χ4v) is 9.93. The normalized spacial score (nSPS) is 37.1. The van der Waals surface area contributed by atoms with Gasteiger partial charge in [-0.25, -0.2) is 4.67 Å². The molecule has 0 spiro atoms. The molecular weight excluding hydrogens is 655 g/mol. The van der Waals surface area contributed by atoms with Crippen LogP contribution in [0, 0.1) is 35.0 Å². The fourth-order valence-electron chi connectivity index (χ4n) is 8.35. The minimum Gasteiger partial charge on any atom is -0.481 e. The van der Waals surface area contributed by atoms with E-state index in [1.54, 1.807) is 13.8 Å². The summed E-state index contributed by atoms with van der Waals surface area (Å²) in [7, 11) is -1.40. The third-order valence-corrected chi connectivity index (χ3v) is 12.5. The Kier molecular flexibility index (Phi) is 10.1. The molecule has 268 valence electrons. The van der Waals surface area contributed by atoms with E-state index in [-0.39, 0.29) is 74.9 Å². The van der Waals surface area contributed by atoms with E-state index in [1.807, 2.05) is 38.2 Å². The zero-order valence-electron chi connectivity index (χ0n) is 29.4. The van der Waals surface area contributed by atoms with Gasteiger partial charge in [-0.1, -0.05) is 24.3 Å². The van der Waals surface area contributed by atoms with E-state index in [0.717, 1.165) is 4.90 Å². The number of carbonyl (C=O) groups is 5. The second-order valence-electron chi connectivity index (χ2n) is 14.7. The summed E-state index contributed by atoms with van der Waals surface area (Å²) in [6.45, 7) is 16.2. The van der Waals surface area contributed by atoms with Crippen molar-refractivity contribution in [1.29, 1.82) is 5.26 Å². The lowest BCUT2D eigenvalue weighted by atomic mass is 9.73. The van der Waals surface area contributed by atoms with Crippen molar-refractivity contribution >= 4 is 38.1 Å². The van der Waals surface area contributed by atoms with Crippen LogP contribution < -0.4 is 0 Å². The highest BCUT2D eigenvalue weighted by atomic mass is 31.2. The molecule has 0 aliphatic carbocycles. The van der Waals surface area contributed by atoms with Crippen LogP contribution in [-0.4, -0.2) is 110 Å². The van der Waals surface area contributed by atoms with Crippen LogP contribution in [0.25, 0.3) is 0 Å². The van der Waals surface area contributed by atoms with Crippen molar-refractivity contribution in [1.82, 2.24) is 14.5 Å². The summed E-state index contributed by atoms with van der Waals surface area (Å²) in [6.07, 6.45) is 7.54. The lowest BCUT2D eigenvalue weighted by molar-refractivity contribution is -0.149. The maximum absolute atomic E-state index is 13.0. The Hall–Kier alpha value is -3.05. The standard InChI is InChI=1S/C21H32N3O5P.C13H15NO5/c1-14(2)24(15(3)4)30(27-12-7-10-22)28-13-11-23-18(25)16-17(19(23)26)21(6)9-8-20(16,5)29-21;1-12-4-5-13(2,19-12)9-8(12)10(17)14(11(9)18)6-3-7(15)16/h8-9,14-17H,7,11-13H2,1-6H3;4-5,8-9H,3,6H2,1-2H3,(H,15,16)/t16-,17+,20-,21+,30?;8-,9+,12-,13+. The van der Waals surface area contributed by atoms with Crippen LogP contribution in [0.4, 0.5) is 0 Å². The molecule has 0 aromatic heterocycles. The number of amides is 4. The van der Waals surface area contributed by atoms with Crippen LogP contribution in [0.3, 0.4) is 0 Å².